The quantitative estimate of drug-likeness (QED) is 0.351. The third-order valence-corrected chi connectivity index (χ3v) is 3.08. The SMILES string of the molecule is C=CC(=O)N(CCCCCC)C(C)C(=O)OCC(C)C. The Morgan fingerprint density at radius 3 is 2.35 bits per heavy atom. The zero-order valence-corrected chi connectivity index (χ0v) is 13.4. The van der Waals surface area contributed by atoms with E-state index < -0.39 is 6.04 Å². The van der Waals surface area contributed by atoms with Crippen molar-refractivity contribution in [2.24, 2.45) is 5.92 Å². The van der Waals surface area contributed by atoms with E-state index in [2.05, 4.69) is 13.5 Å². The molecule has 0 heterocycles. The molecule has 0 rings (SSSR count). The highest BCUT2D eigenvalue weighted by molar-refractivity contribution is 5.91. The van der Waals surface area contributed by atoms with Crippen molar-refractivity contribution >= 4 is 11.9 Å². The minimum atomic E-state index is -0.555. The minimum Gasteiger partial charge on any atom is -0.464 e. The Morgan fingerprint density at radius 1 is 1.20 bits per heavy atom. The molecule has 1 unspecified atom stereocenters. The van der Waals surface area contributed by atoms with E-state index in [0.717, 1.165) is 25.7 Å². The Bertz CT molecular complexity index is 313. The lowest BCUT2D eigenvalue weighted by atomic mass is 10.1. The fraction of sp³-hybridized carbons (Fsp3) is 0.750. The molecule has 1 amide bonds. The summed E-state index contributed by atoms with van der Waals surface area (Å²) in [5.74, 6) is -0.265. The van der Waals surface area contributed by atoms with E-state index in [0.29, 0.717) is 19.1 Å². The summed E-state index contributed by atoms with van der Waals surface area (Å²) in [6.07, 6.45) is 5.50. The standard InChI is InChI=1S/C16H29NO3/c1-6-8-9-10-11-17(15(18)7-2)14(5)16(19)20-12-13(3)4/h7,13-14H,2,6,8-12H2,1,3-5H3. The highest BCUT2D eigenvalue weighted by Gasteiger charge is 2.25. The number of nitrogens with zero attached hydrogens (tertiary/aromatic N) is 1. The number of rotatable bonds is 10. The van der Waals surface area contributed by atoms with Gasteiger partial charge in [0.15, 0.2) is 0 Å². The second-order valence-corrected chi connectivity index (χ2v) is 5.50. The molecule has 0 aromatic carbocycles. The van der Waals surface area contributed by atoms with Gasteiger partial charge in [0.1, 0.15) is 6.04 Å². The van der Waals surface area contributed by atoms with E-state index in [1.807, 2.05) is 13.8 Å². The molecule has 0 fully saturated rings. The Kier molecular flexibility index (Phi) is 9.77. The number of unbranched alkanes of at least 4 members (excludes halogenated alkanes) is 3. The van der Waals surface area contributed by atoms with Crippen LogP contribution < -0.4 is 0 Å². The molecule has 116 valence electrons. The van der Waals surface area contributed by atoms with Gasteiger partial charge in [0.05, 0.1) is 6.61 Å². The van der Waals surface area contributed by atoms with Crippen molar-refractivity contribution in [3.8, 4) is 0 Å². The van der Waals surface area contributed by atoms with Gasteiger partial charge in [0, 0.05) is 6.54 Å². The monoisotopic (exact) mass is 283 g/mol. The molecular formula is C16H29NO3. The van der Waals surface area contributed by atoms with Gasteiger partial charge in [-0.1, -0.05) is 46.6 Å². The van der Waals surface area contributed by atoms with Crippen molar-refractivity contribution < 1.29 is 14.3 Å². The first-order chi connectivity index (χ1) is 9.43. The Balaban J connectivity index is 4.47. The largest absolute Gasteiger partial charge is 0.464 e. The lowest BCUT2D eigenvalue weighted by Gasteiger charge is -2.27. The van der Waals surface area contributed by atoms with Crippen molar-refractivity contribution in [2.75, 3.05) is 13.2 Å². The molecule has 4 nitrogen and oxygen atoms in total. The van der Waals surface area contributed by atoms with E-state index in [4.69, 9.17) is 4.74 Å². The summed E-state index contributed by atoms with van der Waals surface area (Å²) in [4.78, 5) is 25.4. The van der Waals surface area contributed by atoms with Crippen molar-refractivity contribution in [2.45, 2.75) is 59.4 Å². The predicted octanol–water partition coefficient (Wildman–Crippen LogP) is 3.17. The number of hydrogen-bond acceptors (Lipinski definition) is 3. The Labute approximate surface area is 123 Å². The summed E-state index contributed by atoms with van der Waals surface area (Å²) < 4.78 is 5.20. The summed E-state index contributed by atoms with van der Waals surface area (Å²) in [6, 6.07) is -0.555. The summed E-state index contributed by atoms with van der Waals surface area (Å²) in [7, 11) is 0. The molecule has 0 aliphatic heterocycles. The molecule has 0 radical (unpaired) electrons. The molecule has 0 aliphatic rings. The average molecular weight is 283 g/mol. The van der Waals surface area contributed by atoms with Crippen LogP contribution in [0, 0.1) is 5.92 Å². The van der Waals surface area contributed by atoms with Gasteiger partial charge in [-0.15, -0.1) is 0 Å². The van der Waals surface area contributed by atoms with Crippen LogP contribution in [0.5, 0.6) is 0 Å². The predicted molar refractivity (Wildman–Crippen MR) is 81.3 cm³/mol. The molecule has 0 N–H and O–H groups in total. The molecule has 0 bridgehead atoms. The average Bonchev–Trinajstić information content (AvgIpc) is 2.43. The normalized spacial score (nSPS) is 12.1. The maximum Gasteiger partial charge on any atom is 0.328 e. The maximum absolute atomic E-state index is 11.9. The van der Waals surface area contributed by atoms with Gasteiger partial charge < -0.3 is 9.64 Å². The highest BCUT2D eigenvalue weighted by atomic mass is 16.5. The smallest absolute Gasteiger partial charge is 0.328 e. The van der Waals surface area contributed by atoms with E-state index in [9.17, 15) is 9.59 Å². The highest BCUT2D eigenvalue weighted by Crippen LogP contribution is 2.08. The van der Waals surface area contributed by atoms with Gasteiger partial charge >= 0.3 is 5.97 Å². The van der Waals surface area contributed by atoms with Crippen LogP contribution >= 0.6 is 0 Å². The second-order valence-electron chi connectivity index (χ2n) is 5.50. The lowest BCUT2D eigenvalue weighted by Crippen LogP contribution is -2.44. The number of carbonyl (C=O) groups is 2. The third kappa shape index (κ3) is 7.31. The molecule has 20 heavy (non-hydrogen) atoms. The van der Waals surface area contributed by atoms with Gasteiger partial charge in [-0.2, -0.15) is 0 Å². The van der Waals surface area contributed by atoms with Crippen LogP contribution in [0.15, 0.2) is 12.7 Å². The van der Waals surface area contributed by atoms with Crippen molar-refractivity contribution in [1.82, 2.24) is 4.90 Å². The number of ether oxygens (including phenoxy) is 1. The van der Waals surface area contributed by atoms with E-state index in [1.165, 1.54) is 6.08 Å². The minimum absolute atomic E-state index is 0.213. The summed E-state index contributed by atoms with van der Waals surface area (Å²) in [5, 5.41) is 0. The summed E-state index contributed by atoms with van der Waals surface area (Å²) in [5.41, 5.74) is 0. The Morgan fingerprint density at radius 2 is 1.85 bits per heavy atom. The molecule has 0 saturated carbocycles. The van der Waals surface area contributed by atoms with Gasteiger partial charge in [-0.05, 0) is 25.3 Å². The van der Waals surface area contributed by atoms with E-state index in [1.54, 1.807) is 11.8 Å². The molecule has 0 aromatic heterocycles. The van der Waals surface area contributed by atoms with Crippen LogP contribution in [0.4, 0.5) is 0 Å². The van der Waals surface area contributed by atoms with Crippen molar-refractivity contribution in [1.29, 1.82) is 0 Å². The van der Waals surface area contributed by atoms with Gasteiger partial charge in [-0.3, -0.25) is 4.79 Å². The maximum atomic E-state index is 11.9. The van der Waals surface area contributed by atoms with Gasteiger partial charge in [-0.25, -0.2) is 4.79 Å². The summed E-state index contributed by atoms with van der Waals surface area (Å²) in [6.45, 7) is 12.3. The number of hydrogen-bond donors (Lipinski definition) is 0. The number of carbonyl (C=O) groups excluding carboxylic acids is 2. The first-order valence-corrected chi connectivity index (χ1v) is 7.53. The molecular weight excluding hydrogens is 254 g/mol. The Hall–Kier alpha value is -1.32. The second kappa shape index (κ2) is 10.5. The topological polar surface area (TPSA) is 46.6 Å². The van der Waals surface area contributed by atoms with E-state index >= 15 is 0 Å². The van der Waals surface area contributed by atoms with Crippen LogP contribution in [0.1, 0.15) is 53.4 Å². The lowest BCUT2D eigenvalue weighted by molar-refractivity contribution is -0.154. The number of amides is 1. The molecule has 0 spiro atoms. The zero-order valence-electron chi connectivity index (χ0n) is 13.4. The van der Waals surface area contributed by atoms with Crippen LogP contribution in [-0.2, 0) is 14.3 Å². The third-order valence-electron chi connectivity index (χ3n) is 3.08. The fourth-order valence-electron chi connectivity index (χ4n) is 1.82. The molecule has 1 atom stereocenters. The first kappa shape index (κ1) is 18.7. The van der Waals surface area contributed by atoms with Crippen LogP contribution in [0.25, 0.3) is 0 Å². The van der Waals surface area contributed by atoms with Gasteiger partial charge in [0.2, 0.25) is 5.91 Å². The van der Waals surface area contributed by atoms with Crippen molar-refractivity contribution in [3.05, 3.63) is 12.7 Å². The molecule has 4 heteroatoms. The zero-order chi connectivity index (χ0) is 15.5. The molecule has 0 aliphatic carbocycles. The van der Waals surface area contributed by atoms with Crippen LogP contribution in [0.3, 0.4) is 0 Å². The molecule has 0 aromatic rings. The van der Waals surface area contributed by atoms with Crippen LogP contribution in [-0.4, -0.2) is 36.0 Å². The first-order valence-electron chi connectivity index (χ1n) is 7.53. The molecule has 0 saturated heterocycles. The van der Waals surface area contributed by atoms with Crippen molar-refractivity contribution in [3.63, 3.8) is 0 Å². The van der Waals surface area contributed by atoms with Gasteiger partial charge in [0.25, 0.3) is 0 Å². The summed E-state index contributed by atoms with van der Waals surface area (Å²) >= 11 is 0. The van der Waals surface area contributed by atoms with E-state index in [-0.39, 0.29) is 11.9 Å². The number of esters is 1. The van der Waals surface area contributed by atoms with Crippen LogP contribution in [0.2, 0.25) is 0 Å². The fourth-order valence-corrected chi connectivity index (χ4v) is 1.82.